The van der Waals surface area contributed by atoms with Crippen molar-refractivity contribution in [3.05, 3.63) is 29.7 Å². The molecule has 0 spiro atoms. The fourth-order valence-corrected chi connectivity index (χ4v) is 2.45. The zero-order valence-electron chi connectivity index (χ0n) is 9.20. The number of benzene rings is 1. The SMILES string of the molecule is Cc1nn(C2CCNC2)c2cccc(F)c12. The van der Waals surface area contributed by atoms with Crippen molar-refractivity contribution in [1.82, 2.24) is 15.1 Å². The summed E-state index contributed by atoms with van der Waals surface area (Å²) in [5.74, 6) is -0.174. The largest absolute Gasteiger partial charge is 0.315 e. The van der Waals surface area contributed by atoms with E-state index in [1.807, 2.05) is 17.7 Å². The molecule has 1 N–H and O–H groups in total. The van der Waals surface area contributed by atoms with E-state index in [1.165, 1.54) is 6.07 Å². The van der Waals surface area contributed by atoms with Crippen molar-refractivity contribution in [1.29, 1.82) is 0 Å². The van der Waals surface area contributed by atoms with Crippen LogP contribution in [-0.4, -0.2) is 22.9 Å². The quantitative estimate of drug-likeness (QED) is 0.795. The topological polar surface area (TPSA) is 29.9 Å². The maximum Gasteiger partial charge on any atom is 0.134 e. The molecule has 1 fully saturated rings. The van der Waals surface area contributed by atoms with E-state index in [4.69, 9.17) is 0 Å². The van der Waals surface area contributed by atoms with Gasteiger partial charge in [0.05, 0.1) is 22.6 Å². The average Bonchev–Trinajstić information content (AvgIpc) is 2.86. The molecular weight excluding hydrogens is 205 g/mol. The van der Waals surface area contributed by atoms with Gasteiger partial charge in [-0.3, -0.25) is 4.68 Å². The van der Waals surface area contributed by atoms with Crippen molar-refractivity contribution in [2.75, 3.05) is 13.1 Å². The van der Waals surface area contributed by atoms with Gasteiger partial charge in [-0.2, -0.15) is 5.10 Å². The summed E-state index contributed by atoms with van der Waals surface area (Å²) >= 11 is 0. The van der Waals surface area contributed by atoms with E-state index < -0.39 is 0 Å². The van der Waals surface area contributed by atoms with E-state index in [0.29, 0.717) is 11.4 Å². The third kappa shape index (κ3) is 1.33. The van der Waals surface area contributed by atoms with Gasteiger partial charge in [-0.05, 0) is 32.0 Å². The van der Waals surface area contributed by atoms with E-state index in [9.17, 15) is 4.39 Å². The molecule has 1 aliphatic heterocycles. The fraction of sp³-hybridized carbons (Fsp3) is 0.417. The van der Waals surface area contributed by atoms with Crippen LogP contribution in [-0.2, 0) is 0 Å². The van der Waals surface area contributed by atoms with E-state index in [0.717, 1.165) is 30.7 Å². The molecule has 2 aromatic rings. The van der Waals surface area contributed by atoms with Crippen molar-refractivity contribution < 1.29 is 4.39 Å². The van der Waals surface area contributed by atoms with Crippen molar-refractivity contribution in [3.63, 3.8) is 0 Å². The lowest BCUT2D eigenvalue weighted by Crippen LogP contribution is -2.14. The minimum absolute atomic E-state index is 0.174. The maximum atomic E-state index is 13.7. The van der Waals surface area contributed by atoms with Gasteiger partial charge in [0, 0.05) is 6.54 Å². The van der Waals surface area contributed by atoms with Gasteiger partial charge in [-0.15, -0.1) is 0 Å². The Labute approximate surface area is 93.3 Å². The molecule has 1 atom stereocenters. The lowest BCUT2D eigenvalue weighted by Gasteiger charge is -2.10. The van der Waals surface area contributed by atoms with Crippen LogP contribution >= 0.6 is 0 Å². The summed E-state index contributed by atoms with van der Waals surface area (Å²) in [4.78, 5) is 0. The van der Waals surface area contributed by atoms with E-state index in [2.05, 4.69) is 10.4 Å². The van der Waals surface area contributed by atoms with Gasteiger partial charge in [0.25, 0.3) is 0 Å². The van der Waals surface area contributed by atoms with Crippen LogP contribution in [0.4, 0.5) is 4.39 Å². The highest BCUT2D eigenvalue weighted by Gasteiger charge is 2.21. The molecule has 1 aromatic heterocycles. The fourth-order valence-electron chi connectivity index (χ4n) is 2.45. The van der Waals surface area contributed by atoms with Gasteiger partial charge in [0.1, 0.15) is 5.82 Å². The Morgan fingerprint density at radius 1 is 1.50 bits per heavy atom. The van der Waals surface area contributed by atoms with Gasteiger partial charge < -0.3 is 5.32 Å². The molecule has 0 amide bonds. The highest BCUT2D eigenvalue weighted by atomic mass is 19.1. The standard InChI is InChI=1S/C12H14FN3/c1-8-12-10(13)3-2-4-11(12)16(15-8)9-5-6-14-7-9/h2-4,9,14H,5-7H2,1H3. The average molecular weight is 219 g/mol. The molecule has 2 heterocycles. The number of nitrogens with one attached hydrogen (secondary N) is 1. The van der Waals surface area contributed by atoms with Crippen LogP contribution in [0, 0.1) is 12.7 Å². The molecule has 16 heavy (non-hydrogen) atoms. The Balaban J connectivity index is 2.22. The summed E-state index contributed by atoms with van der Waals surface area (Å²) < 4.78 is 15.6. The number of aryl methyl sites for hydroxylation is 1. The lowest BCUT2D eigenvalue weighted by molar-refractivity contribution is 0.503. The molecule has 0 aliphatic carbocycles. The molecule has 0 bridgehead atoms. The first-order chi connectivity index (χ1) is 7.77. The number of hydrogen-bond acceptors (Lipinski definition) is 2. The second-order valence-electron chi connectivity index (χ2n) is 4.31. The predicted octanol–water partition coefficient (Wildman–Crippen LogP) is 2.02. The first kappa shape index (κ1) is 9.78. The van der Waals surface area contributed by atoms with Crippen molar-refractivity contribution in [3.8, 4) is 0 Å². The number of aromatic nitrogens is 2. The van der Waals surface area contributed by atoms with Gasteiger partial charge in [-0.1, -0.05) is 6.07 Å². The van der Waals surface area contributed by atoms with E-state index in [1.54, 1.807) is 6.07 Å². The molecule has 3 nitrogen and oxygen atoms in total. The summed E-state index contributed by atoms with van der Waals surface area (Å²) in [5.41, 5.74) is 1.69. The molecule has 1 saturated heterocycles. The summed E-state index contributed by atoms with van der Waals surface area (Å²) in [7, 11) is 0. The number of halogens is 1. The lowest BCUT2D eigenvalue weighted by atomic mass is 10.2. The summed E-state index contributed by atoms with van der Waals surface area (Å²) in [6, 6.07) is 5.54. The maximum absolute atomic E-state index is 13.7. The van der Waals surface area contributed by atoms with Crippen LogP contribution in [0.2, 0.25) is 0 Å². The molecule has 0 saturated carbocycles. The number of nitrogens with zero attached hydrogens (tertiary/aromatic N) is 2. The van der Waals surface area contributed by atoms with Crippen LogP contribution < -0.4 is 5.32 Å². The summed E-state index contributed by atoms with van der Waals surface area (Å²) in [6.45, 7) is 3.80. The van der Waals surface area contributed by atoms with Crippen LogP contribution in [0.25, 0.3) is 10.9 Å². The second-order valence-corrected chi connectivity index (χ2v) is 4.31. The number of hydrogen-bond donors (Lipinski definition) is 1. The molecule has 1 aromatic carbocycles. The van der Waals surface area contributed by atoms with Crippen LogP contribution in [0.3, 0.4) is 0 Å². The number of fused-ring (bicyclic) bond motifs is 1. The highest BCUT2D eigenvalue weighted by molar-refractivity contribution is 5.82. The third-order valence-corrected chi connectivity index (χ3v) is 3.24. The predicted molar refractivity (Wildman–Crippen MR) is 61.0 cm³/mol. The summed E-state index contributed by atoms with van der Waals surface area (Å²) in [5, 5.41) is 8.44. The minimum atomic E-state index is -0.174. The molecule has 1 aliphatic rings. The van der Waals surface area contributed by atoms with Crippen molar-refractivity contribution in [2.24, 2.45) is 0 Å². The molecule has 4 heteroatoms. The zero-order valence-corrected chi connectivity index (χ0v) is 9.20. The summed E-state index contributed by atoms with van der Waals surface area (Å²) in [6.07, 6.45) is 1.06. The van der Waals surface area contributed by atoms with Gasteiger partial charge in [0.2, 0.25) is 0 Å². The first-order valence-electron chi connectivity index (χ1n) is 5.61. The van der Waals surface area contributed by atoms with Crippen LogP contribution in [0.5, 0.6) is 0 Å². The Morgan fingerprint density at radius 2 is 2.38 bits per heavy atom. The molecule has 84 valence electrons. The van der Waals surface area contributed by atoms with E-state index in [-0.39, 0.29) is 5.82 Å². The Hall–Kier alpha value is -1.42. The van der Waals surface area contributed by atoms with E-state index >= 15 is 0 Å². The monoisotopic (exact) mass is 219 g/mol. The Bertz CT molecular complexity index is 526. The van der Waals surface area contributed by atoms with Gasteiger partial charge >= 0.3 is 0 Å². The smallest absolute Gasteiger partial charge is 0.134 e. The first-order valence-corrected chi connectivity index (χ1v) is 5.61. The highest BCUT2D eigenvalue weighted by Crippen LogP contribution is 2.26. The van der Waals surface area contributed by atoms with Crippen molar-refractivity contribution in [2.45, 2.75) is 19.4 Å². The molecule has 1 unspecified atom stereocenters. The second kappa shape index (κ2) is 3.56. The molecular formula is C12H14FN3. The third-order valence-electron chi connectivity index (χ3n) is 3.24. The zero-order chi connectivity index (χ0) is 11.1. The van der Waals surface area contributed by atoms with Crippen LogP contribution in [0.1, 0.15) is 18.2 Å². The number of rotatable bonds is 1. The van der Waals surface area contributed by atoms with Gasteiger partial charge in [0.15, 0.2) is 0 Å². The van der Waals surface area contributed by atoms with Crippen LogP contribution in [0.15, 0.2) is 18.2 Å². The normalized spacial score (nSPS) is 20.8. The Morgan fingerprint density at radius 3 is 3.12 bits per heavy atom. The van der Waals surface area contributed by atoms with Crippen molar-refractivity contribution >= 4 is 10.9 Å². The minimum Gasteiger partial charge on any atom is -0.315 e. The van der Waals surface area contributed by atoms with Gasteiger partial charge in [-0.25, -0.2) is 4.39 Å². The Kier molecular flexibility index (Phi) is 2.17. The molecule has 0 radical (unpaired) electrons. The molecule has 3 rings (SSSR count).